The van der Waals surface area contributed by atoms with Gasteiger partial charge in [0, 0.05) is 44.3 Å². The maximum absolute atomic E-state index is 12.6. The van der Waals surface area contributed by atoms with Crippen molar-refractivity contribution in [3.8, 4) is 0 Å². The van der Waals surface area contributed by atoms with E-state index in [2.05, 4.69) is 21.2 Å². The van der Waals surface area contributed by atoms with Crippen LogP contribution in [0.15, 0.2) is 0 Å². The predicted molar refractivity (Wildman–Crippen MR) is 171 cm³/mol. The highest BCUT2D eigenvalue weighted by Gasteiger charge is 2.20. The third kappa shape index (κ3) is 21.9. The molecule has 42 heavy (non-hydrogen) atoms. The summed E-state index contributed by atoms with van der Waals surface area (Å²) < 4.78 is 1.56. The van der Waals surface area contributed by atoms with Crippen molar-refractivity contribution in [3.05, 3.63) is 0 Å². The molecule has 0 aromatic rings. The predicted octanol–water partition coefficient (Wildman–Crippen LogP) is -1.87. The van der Waals surface area contributed by atoms with E-state index < -0.39 is 0 Å². The van der Waals surface area contributed by atoms with Crippen molar-refractivity contribution in [2.24, 2.45) is 5.41 Å². The maximum Gasteiger partial charge on any atom is 0.234 e. The molecule has 0 saturated carbocycles. The Kier molecular flexibility index (Phi) is 21.2. The average Bonchev–Trinajstić information content (AvgIpc) is 2.90. The van der Waals surface area contributed by atoms with Gasteiger partial charge in [0.25, 0.3) is 0 Å². The lowest BCUT2D eigenvalue weighted by molar-refractivity contribution is -0.128. The van der Waals surface area contributed by atoms with Crippen LogP contribution in [0.5, 0.6) is 0 Å². The number of carbonyl (C=O) groups is 6. The molecule has 0 aliphatic carbocycles. The Bertz CT molecular complexity index is 870. The van der Waals surface area contributed by atoms with E-state index >= 15 is 0 Å². The summed E-state index contributed by atoms with van der Waals surface area (Å²) in [5.74, 6) is -0.612. The summed E-state index contributed by atoms with van der Waals surface area (Å²) in [6, 6.07) is 0. The lowest BCUT2D eigenvalue weighted by Gasteiger charge is -2.21. The zero-order valence-electron chi connectivity index (χ0n) is 26.9. The largest absolute Gasteiger partial charge is 0.443 e. The van der Waals surface area contributed by atoms with E-state index in [1.807, 2.05) is 20.8 Å². The first-order valence-corrected chi connectivity index (χ1v) is 15.2. The topological polar surface area (TPSA) is 157 Å². The number of ketones is 1. The molecule has 5 amide bonds. The van der Waals surface area contributed by atoms with Crippen molar-refractivity contribution in [2.45, 2.75) is 91.4 Å². The van der Waals surface area contributed by atoms with Gasteiger partial charge in [0.1, 0.15) is 5.78 Å². The van der Waals surface area contributed by atoms with Crippen LogP contribution in [0.2, 0.25) is 0 Å². The highest BCUT2D eigenvalue weighted by molar-refractivity contribution is 6.34. The molecule has 0 fully saturated rings. The number of amides is 5. The van der Waals surface area contributed by atoms with Gasteiger partial charge in [-0.2, -0.15) is 0 Å². The molecule has 0 aliphatic rings. The van der Waals surface area contributed by atoms with Gasteiger partial charge >= 0.3 is 0 Å². The van der Waals surface area contributed by atoms with Crippen LogP contribution < -0.4 is 21.2 Å². The summed E-state index contributed by atoms with van der Waals surface area (Å²) >= 11 is 0. The minimum absolute atomic E-state index is 0.0509. The van der Waals surface area contributed by atoms with E-state index in [-0.39, 0.29) is 60.4 Å². The molecule has 0 rings (SSSR count). The van der Waals surface area contributed by atoms with E-state index in [1.165, 1.54) is 4.90 Å². The summed E-state index contributed by atoms with van der Waals surface area (Å²) in [6.07, 6.45) is 7.27. The smallest absolute Gasteiger partial charge is 0.234 e. The van der Waals surface area contributed by atoms with Gasteiger partial charge in [-0.3, -0.25) is 33.7 Å². The van der Waals surface area contributed by atoms with Crippen molar-refractivity contribution >= 4 is 59.3 Å². The number of nitrogens with one attached hydrogen (secondary N) is 4. The summed E-state index contributed by atoms with van der Waals surface area (Å²) in [5, 5.41) is 11.0. The molecule has 0 radical (unpaired) electrons. The average molecular weight is 590 g/mol. The molecule has 0 heterocycles. The first kappa shape index (κ1) is 39.2. The Morgan fingerprint density at radius 1 is 0.571 bits per heavy atom. The molecule has 15 heteroatoms. The first-order valence-electron chi connectivity index (χ1n) is 15.2. The third-order valence-corrected chi connectivity index (χ3v) is 6.66. The fraction of sp³-hybridized carbons (Fsp3) is 0.778. The van der Waals surface area contributed by atoms with Crippen LogP contribution in [-0.4, -0.2) is 108 Å². The number of hydrogen-bond donors (Lipinski definition) is 4. The molecule has 4 N–H and O–H groups in total. The molecular formula is C27H53B3N6O6. The number of hydrogen-bond acceptors (Lipinski definition) is 7. The summed E-state index contributed by atoms with van der Waals surface area (Å²) in [7, 11) is 5.03. The van der Waals surface area contributed by atoms with Crippen LogP contribution in [-0.2, 0) is 28.8 Å². The second-order valence-electron chi connectivity index (χ2n) is 11.9. The van der Waals surface area contributed by atoms with Crippen molar-refractivity contribution in [3.63, 3.8) is 0 Å². The Morgan fingerprint density at radius 2 is 0.976 bits per heavy atom. The van der Waals surface area contributed by atoms with Gasteiger partial charge < -0.3 is 25.9 Å². The Labute approximate surface area is 254 Å². The summed E-state index contributed by atoms with van der Waals surface area (Å²) in [4.78, 5) is 74.1. The van der Waals surface area contributed by atoms with Gasteiger partial charge in [-0.1, -0.05) is 33.6 Å². The summed E-state index contributed by atoms with van der Waals surface area (Å²) in [6.45, 7) is 6.71. The standard InChI is InChI=1S/C27H53B3N6O6/c1-27(2,3)21(37)12-6-4-9-15-31-23(39)18-35(20-25(41)33-17-11-8-13-22(38)34-28)19-24(40)32-16-10-5-7-14-26(42)36(29)30/h4-20,28-30H2,1-3H3,(H,31,39)(H,32,40)(H,33,41)(H,34,38). The second-order valence-corrected chi connectivity index (χ2v) is 11.9. The molecule has 0 saturated heterocycles. The molecule has 0 bridgehead atoms. The maximum atomic E-state index is 12.6. The molecule has 0 atom stereocenters. The van der Waals surface area contributed by atoms with Gasteiger partial charge in [-0.05, 0) is 38.5 Å². The fourth-order valence-corrected chi connectivity index (χ4v) is 3.93. The highest BCUT2D eigenvalue weighted by atomic mass is 16.2. The van der Waals surface area contributed by atoms with Crippen LogP contribution in [0.3, 0.4) is 0 Å². The molecule has 12 nitrogen and oxygen atoms in total. The van der Waals surface area contributed by atoms with Gasteiger partial charge in [0.2, 0.25) is 47.6 Å². The van der Waals surface area contributed by atoms with Gasteiger partial charge in [-0.25, -0.2) is 0 Å². The van der Waals surface area contributed by atoms with Crippen molar-refractivity contribution in [1.29, 1.82) is 0 Å². The van der Waals surface area contributed by atoms with Crippen molar-refractivity contribution in [1.82, 2.24) is 30.8 Å². The number of rotatable bonds is 23. The van der Waals surface area contributed by atoms with Crippen molar-refractivity contribution in [2.75, 3.05) is 39.3 Å². The monoisotopic (exact) mass is 590 g/mol. The SMILES string of the molecule is BNC(=O)CCCCNC(=O)CN(CC(=O)NCCCCCC(=O)N(B)B)CC(=O)NCCCCCC(=O)C(C)(C)C. The molecule has 236 valence electrons. The van der Waals surface area contributed by atoms with Gasteiger partial charge in [-0.15, -0.1) is 0 Å². The zero-order valence-corrected chi connectivity index (χ0v) is 26.9. The van der Waals surface area contributed by atoms with Crippen LogP contribution in [0, 0.1) is 5.41 Å². The Balaban J connectivity index is 4.61. The van der Waals surface area contributed by atoms with Crippen LogP contribution in [0.4, 0.5) is 0 Å². The number of Topliss-reactive ketones (excluding diaryl/α,β-unsaturated/α-hetero) is 1. The normalized spacial score (nSPS) is 11.0. The number of nitrogens with zero attached hydrogens (tertiary/aromatic N) is 2. The van der Waals surface area contributed by atoms with Gasteiger partial charge in [0.05, 0.1) is 19.6 Å². The molecule has 0 unspecified atom stereocenters. The second kappa shape index (κ2) is 22.7. The summed E-state index contributed by atoms with van der Waals surface area (Å²) in [5.41, 5.74) is -0.339. The van der Waals surface area contributed by atoms with E-state index in [1.54, 1.807) is 28.7 Å². The minimum atomic E-state index is -0.339. The zero-order chi connectivity index (χ0) is 32.0. The van der Waals surface area contributed by atoms with E-state index in [9.17, 15) is 28.8 Å². The van der Waals surface area contributed by atoms with Crippen LogP contribution in [0.25, 0.3) is 0 Å². The quantitative estimate of drug-likeness (QED) is 0.0803. The van der Waals surface area contributed by atoms with Gasteiger partial charge in [0.15, 0.2) is 5.91 Å². The van der Waals surface area contributed by atoms with E-state index in [0.29, 0.717) is 51.7 Å². The molecule has 0 aromatic carbocycles. The van der Waals surface area contributed by atoms with E-state index in [0.717, 1.165) is 38.5 Å². The lowest BCUT2D eigenvalue weighted by atomic mass is 9.88. The highest BCUT2D eigenvalue weighted by Crippen LogP contribution is 2.18. The number of unbranched alkanes of at least 4 members (excludes halogenated alkanes) is 5. The first-order chi connectivity index (χ1) is 19.8. The fourth-order valence-electron chi connectivity index (χ4n) is 3.93. The Morgan fingerprint density at radius 3 is 1.38 bits per heavy atom. The van der Waals surface area contributed by atoms with Crippen LogP contribution in [0.1, 0.15) is 91.4 Å². The Hall–Kier alpha value is -2.83. The van der Waals surface area contributed by atoms with E-state index in [4.69, 9.17) is 0 Å². The van der Waals surface area contributed by atoms with Crippen molar-refractivity contribution < 1.29 is 28.8 Å². The molecule has 0 spiro atoms. The van der Waals surface area contributed by atoms with Crippen LogP contribution >= 0.6 is 0 Å². The molecular weight excluding hydrogens is 537 g/mol. The third-order valence-electron chi connectivity index (χ3n) is 6.66. The molecule has 0 aliphatic heterocycles. The molecule has 0 aromatic heterocycles. The minimum Gasteiger partial charge on any atom is -0.443 e. The lowest BCUT2D eigenvalue weighted by Crippen LogP contribution is -2.47. The number of carbonyl (C=O) groups excluding carboxylic acids is 6.